The van der Waals surface area contributed by atoms with Crippen LogP contribution in [0, 0.1) is 11.8 Å². The molecule has 3 nitrogen and oxygen atoms in total. The molecule has 0 heterocycles. The fourth-order valence-electron chi connectivity index (χ4n) is 1.60. The minimum absolute atomic E-state index is 0.431. The number of nitrogens with one attached hydrogen (secondary N) is 1. The zero-order chi connectivity index (χ0) is 13.5. The summed E-state index contributed by atoms with van der Waals surface area (Å²) in [4.78, 5) is 11.0. The lowest BCUT2D eigenvalue weighted by Crippen LogP contribution is -2.11. The lowest BCUT2D eigenvalue weighted by atomic mass is 10.2. The first-order chi connectivity index (χ1) is 9.25. The van der Waals surface area contributed by atoms with E-state index in [1.807, 2.05) is 36.4 Å². The van der Waals surface area contributed by atoms with Gasteiger partial charge in [-0.25, -0.2) is 0 Å². The molecule has 0 aliphatic heterocycles. The van der Waals surface area contributed by atoms with Gasteiger partial charge >= 0.3 is 0 Å². The zero-order valence-electron chi connectivity index (χ0n) is 10.4. The Hall–Kier alpha value is -2.73. The lowest BCUT2D eigenvalue weighted by molar-refractivity contribution is 0.100. The van der Waals surface area contributed by atoms with Crippen LogP contribution in [0.4, 0.5) is 5.69 Å². The summed E-state index contributed by atoms with van der Waals surface area (Å²) >= 11 is 0. The SMILES string of the molecule is NC(=O)c1cccc(NCC#Cc2ccccc2)c1. The number of nitrogens with two attached hydrogens (primary N) is 1. The highest BCUT2D eigenvalue weighted by Gasteiger charge is 1.99. The number of rotatable bonds is 3. The number of carbonyl (C=O) groups is 1. The molecule has 0 bridgehead atoms. The van der Waals surface area contributed by atoms with Crippen LogP contribution in [0.1, 0.15) is 15.9 Å². The maximum absolute atomic E-state index is 11.0. The Kier molecular flexibility index (Phi) is 4.20. The van der Waals surface area contributed by atoms with Gasteiger partial charge in [0.1, 0.15) is 0 Å². The minimum Gasteiger partial charge on any atom is -0.374 e. The van der Waals surface area contributed by atoms with Crippen molar-refractivity contribution in [1.29, 1.82) is 0 Å². The summed E-state index contributed by atoms with van der Waals surface area (Å²) in [5, 5.41) is 3.13. The third kappa shape index (κ3) is 3.90. The van der Waals surface area contributed by atoms with Gasteiger partial charge in [-0.1, -0.05) is 36.1 Å². The van der Waals surface area contributed by atoms with E-state index >= 15 is 0 Å². The van der Waals surface area contributed by atoms with Crippen molar-refractivity contribution < 1.29 is 4.79 Å². The van der Waals surface area contributed by atoms with Crippen molar-refractivity contribution in [1.82, 2.24) is 0 Å². The summed E-state index contributed by atoms with van der Waals surface area (Å²) in [6.07, 6.45) is 0. The number of hydrogen-bond donors (Lipinski definition) is 2. The highest BCUT2D eigenvalue weighted by molar-refractivity contribution is 5.93. The number of amides is 1. The van der Waals surface area contributed by atoms with Crippen LogP contribution in [-0.2, 0) is 0 Å². The van der Waals surface area contributed by atoms with E-state index in [2.05, 4.69) is 17.2 Å². The average molecular weight is 250 g/mol. The molecule has 94 valence electrons. The Balaban J connectivity index is 1.95. The molecule has 3 heteroatoms. The first-order valence-electron chi connectivity index (χ1n) is 5.93. The molecular formula is C16H14N2O. The Morgan fingerprint density at radius 1 is 1.11 bits per heavy atom. The molecule has 0 radical (unpaired) electrons. The van der Waals surface area contributed by atoms with E-state index in [0.717, 1.165) is 11.3 Å². The molecule has 19 heavy (non-hydrogen) atoms. The number of hydrogen-bond acceptors (Lipinski definition) is 2. The largest absolute Gasteiger partial charge is 0.374 e. The Morgan fingerprint density at radius 3 is 2.63 bits per heavy atom. The van der Waals surface area contributed by atoms with Crippen LogP contribution in [-0.4, -0.2) is 12.5 Å². The molecule has 3 N–H and O–H groups in total. The number of benzene rings is 2. The molecule has 0 saturated heterocycles. The minimum atomic E-state index is -0.431. The van der Waals surface area contributed by atoms with Crippen molar-refractivity contribution in [2.45, 2.75) is 0 Å². The summed E-state index contributed by atoms with van der Waals surface area (Å²) < 4.78 is 0. The predicted octanol–water partition coefficient (Wildman–Crippen LogP) is 2.25. The second kappa shape index (κ2) is 6.27. The van der Waals surface area contributed by atoms with Crippen LogP contribution < -0.4 is 11.1 Å². The molecule has 0 spiro atoms. The third-order valence-electron chi connectivity index (χ3n) is 2.53. The second-order valence-corrected chi connectivity index (χ2v) is 3.97. The van der Waals surface area contributed by atoms with Crippen molar-refractivity contribution in [2.75, 3.05) is 11.9 Å². The van der Waals surface area contributed by atoms with Crippen molar-refractivity contribution in [3.05, 3.63) is 65.7 Å². The summed E-state index contributed by atoms with van der Waals surface area (Å²) in [5.41, 5.74) is 7.52. The van der Waals surface area contributed by atoms with Crippen LogP contribution in [0.3, 0.4) is 0 Å². The van der Waals surface area contributed by atoms with E-state index in [4.69, 9.17) is 5.73 Å². The van der Waals surface area contributed by atoms with Gasteiger partial charge in [0.05, 0.1) is 6.54 Å². The van der Waals surface area contributed by atoms with Crippen LogP contribution >= 0.6 is 0 Å². The maximum atomic E-state index is 11.0. The van der Waals surface area contributed by atoms with E-state index in [-0.39, 0.29) is 0 Å². The highest BCUT2D eigenvalue weighted by Crippen LogP contribution is 2.09. The van der Waals surface area contributed by atoms with Gasteiger partial charge in [-0.05, 0) is 30.3 Å². The molecule has 2 rings (SSSR count). The predicted molar refractivity (Wildman–Crippen MR) is 76.8 cm³/mol. The van der Waals surface area contributed by atoms with Crippen LogP contribution in [0.15, 0.2) is 54.6 Å². The molecule has 0 unspecified atom stereocenters. The standard InChI is InChI=1S/C16H14N2O/c17-16(19)14-9-4-10-15(12-14)18-11-5-8-13-6-2-1-3-7-13/h1-4,6-7,9-10,12,18H,11H2,(H2,17,19). The molecule has 0 atom stereocenters. The monoisotopic (exact) mass is 250 g/mol. The van der Waals surface area contributed by atoms with Gasteiger partial charge in [0.25, 0.3) is 0 Å². The fraction of sp³-hybridized carbons (Fsp3) is 0.0625. The Bertz CT molecular complexity index is 624. The van der Waals surface area contributed by atoms with Crippen LogP contribution in [0.2, 0.25) is 0 Å². The van der Waals surface area contributed by atoms with Gasteiger partial charge in [-0.2, -0.15) is 0 Å². The van der Waals surface area contributed by atoms with Crippen molar-refractivity contribution in [2.24, 2.45) is 5.73 Å². The van der Waals surface area contributed by atoms with Crippen LogP contribution in [0.25, 0.3) is 0 Å². The fourth-order valence-corrected chi connectivity index (χ4v) is 1.60. The average Bonchev–Trinajstić information content (AvgIpc) is 2.45. The smallest absolute Gasteiger partial charge is 0.248 e. The quantitative estimate of drug-likeness (QED) is 0.821. The van der Waals surface area contributed by atoms with E-state index in [0.29, 0.717) is 12.1 Å². The first kappa shape index (κ1) is 12.7. The van der Waals surface area contributed by atoms with E-state index in [1.165, 1.54) is 0 Å². The summed E-state index contributed by atoms with van der Waals surface area (Å²) in [7, 11) is 0. The molecule has 0 aromatic heterocycles. The normalized spacial score (nSPS) is 9.26. The molecule has 0 saturated carbocycles. The third-order valence-corrected chi connectivity index (χ3v) is 2.53. The number of anilines is 1. The topological polar surface area (TPSA) is 55.1 Å². The van der Waals surface area contributed by atoms with Crippen molar-refractivity contribution in [3.63, 3.8) is 0 Å². The van der Waals surface area contributed by atoms with E-state index in [9.17, 15) is 4.79 Å². The summed E-state index contributed by atoms with van der Waals surface area (Å²) in [6, 6.07) is 16.8. The Morgan fingerprint density at radius 2 is 1.89 bits per heavy atom. The van der Waals surface area contributed by atoms with Gasteiger partial charge in [0.2, 0.25) is 5.91 Å². The summed E-state index contributed by atoms with van der Waals surface area (Å²) in [6.45, 7) is 0.511. The van der Waals surface area contributed by atoms with Crippen molar-refractivity contribution in [3.8, 4) is 11.8 Å². The van der Waals surface area contributed by atoms with Gasteiger partial charge in [-0.3, -0.25) is 4.79 Å². The number of primary amides is 1. The molecule has 0 aliphatic carbocycles. The van der Waals surface area contributed by atoms with Crippen molar-refractivity contribution >= 4 is 11.6 Å². The van der Waals surface area contributed by atoms with E-state index < -0.39 is 5.91 Å². The van der Waals surface area contributed by atoms with E-state index in [1.54, 1.807) is 18.2 Å². The van der Waals surface area contributed by atoms with Gasteiger partial charge in [-0.15, -0.1) is 0 Å². The molecule has 2 aromatic rings. The molecule has 0 aliphatic rings. The molecule has 1 amide bonds. The van der Waals surface area contributed by atoms with Gasteiger partial charge in [0.15, 0.2) is 0 Å². The van der Waals surface area contributed by atoms with Gasteiger partial charge < -0.3 is 11.1 Å². The molecular weight excluding hydrogens is 236 g/mol. The van der Waals surface area contributed by atoms with Gasteiger partial charge in [0, 0.05) is 16.8 Å². The zero-order valence-corrected chi connectivity index (χ0v) is 10.4. The lowest BCUT2D eigenvalue weighted by Gasteiger charge is -2.03. The number of carbonyl (C=O) groups excluding carboxylic acids is 1. The molecule has 2 aromatic carbocycles. The Labute approximate surface area is 112 Å². The summed E-state index contributed by atoms with van der Waals surface area (Å²) in [5.74, 6) is 5.64. The maximum Gasteiger partial charge on any atom is 0.248 e. The second-order valence-electron chi connectivity index (χ2n) is 3.97. The molecule has 0 fully saturated rings. The van der Waals surface area contributed by atoms with Crippen LogP contribution in [0.5, 0.6) is 0 Å². The first-order valence-corrected chi connectivity index (χ1v) is 5.93. The highest BCUT2D eigenvalue weighted by atomic mass is 16.1.